The number of hydrogen-bond donors (Lipinski definition) is 3. The van der Waals surface area contributed by atoms with Crippen LogP contribution < -0.4 is 34.9 Å². The topological polar surface area (TPSA) is 90.1 Å². The quantitative estimate of drug-likeness (QED) is 0.563. The Morgan fingerprint density at radius 2 is 1.58 bits per heavy atom. The van der Waals surface area contributed by atoms with Crippen LogP contribution >= 0.6 is 12.2 Å². The van der Waals surface area contributed by atoms with Crippen molar-refractivity contribution in [1.82, 2.24) is 10.6 Å². The average molecular weight is 444 g/mol. The van der Waals surface area contributed by atoms with Crippen LogP contribution in [0.5, 0.6) is 23.0 Å². The summed E-state index contributed by atoms with van der Waals surface area (Å²) in [6.07, 6.45) is 0. The van der Waals surface area contributed by atoms with Crippen LogP contribution in [0.15, 0.2) is 47.7 Å². The zero-order valence-electron chi connectivity index (χ0n) is 18.0. The standard InChI is InChI=1S/C22H25N3O5S/c1-12-19(21(26)24-16-8-6-14(28-3)11-18(16)30-5)20(25-22(31)23-12)15-10-13(27-2)7-9-17(15)29-4/h6-11,20H,1-5H3,(H,24,26)(H2,23,25,31)/t20-/m1/s1. The fourth-order valence-corrected chi connectivity index (χ4v) is 3.66. The molecule has 0 radical (unpaired) electrons. The Morgan fingerprint density at radius 3 is 2.23 bits per heavy atom. The Balaban J connectivity index is 2.02. The van der Waals surface area contributed by atoms with Crippen molar-refractivity contribution < 1.29 is 23.7 Å². The smallest absolute Gasteiger partial charge is 0.255 e. The van der Waals surface area contributed by atoms with E-state index < -0.39 is 6.04 Å². The van der Waals surface area contributed by atoms with Crippen molar-refractivity contribution in [2.75, 3.05) is 33.8 Å². The van der Waals surface area contributed by atoms with Gasteiger partial charge in [-0.3, -0.25) is 4.79 Å². The first-order valence-corrected chi connectivity index (χ1v) is 9.86. The minimum absolute atomic E-state index is 0.321. The number of benzene rings is 2. The number of ether oxygens (including phenoxy) is 4. The summed E-state index contributed by atoms with van der Waals surface area (Å²) in [4.78, 5) is 13.4. The number of nitrogens with one attached hydrogen (secondary N) is 3. The highest BCUT2D eigenvalue weighted by atomic mass is 32.1. The van der Waals surface area contributed by atoms with Crippen molar-refractivity contribution in [2.24, 2.45) is 0 Å². The zero-order valence-corrected chi connectivity index (χ0v) is 18.8. The van der Waals surface area contributed by atoms with E-state index in [0.29, 0.717) is 45.1 Å². The first-order valence-electron chi connectivity index (χ1n) is 9.45. The molecule has 1 heterocycles. The Kier molecular flexibility index (Phi) is 6.86. The molecule has 164 valence electrons. The number of amides is 1. The van der Waals surface area contributed by atoms with E-state index in [1.165, 1.54) is 7.11 Å². The van der Waals surface area contributed by atoms with E-state index in [1.807, 2.05) is 6.07 Å². The normalized spacial score (nSPS) is 15.5. The number of thiocarbonyl (C=S) groups is 1. The molecule has 9 heteroatoms. The van der Waals surface area contributed by atoms with Gasteiger partial charge in [-0.1, -0.05) is 0 Å². The highest BCUT2D eigenvalue weighted by Crippen LogP contribution is 2.37. The Bertz CT molecular complexity index is 1040. The van der Waals surface area contributed by atoms with Crippen LogP contribution in [0.1, 0.15) is 18.5 Å². The zero-order chi connectivity index (χ0) is 22.5. The lowest BCUT2D eigenvalue weighted by molar-refractivity contribution is -0.113. The molecule has 1 aliphatic heterocycles. The van der Waals surface area contributed by atoms with E-state index in [9.17, 15) is 4.79 Å². The van der Waals surface area contributed by atoms with Crippen molar-refractivity contribution in [3.8, 4) is 23.0 Å². The highest BCUT2D eigenvalue weighted by Gasteiger charge is 2.32. The van der Waals surface area contributed by atoms with E-state index in [0.717, 1.165) is 5.56 Å². The molecule has 0 unspecified atom stereocenters. The SMILES string of the molecule is COc1ccc(NC(=O)C2=C(C)NC(=S)N[C@@H]2c2cc(OC)ccc2OC)c(OC)c1. The lowest BCUT2D eigenvalue weighted by Crippen LogP contribution is -2.45. The fourth-order valence-electron chi connectivity index (χ4n) is 3.38. The Labute approximate surface area is 186 Å². The number of allylic oxidation sites excluding steroid dienone is 1. The largest absolute Gasteiger partial charge is 0.497 e. The molecule has 2 aromatic carbocycles. The van der Waals surface area contributed by atoms with Crippen molar-refractivity contribution in [2.45, 2.75) is 13.0 Å². The van der Waals surface area contributed by atoms with Gasteiger partial charge in [-0.2, -0.15) is 0 Å². The molecule has 1 aliphatic rings. The molecule has 2 aromatic rings. The van der Waals surface area contributed by atoms with E-state index in [1.54, 1.807) is 58.6 Å². The van der Waals surface area contributed by atoms with E-state index in [2.05, 4.69) is 16.0 Å². The van der Waals surface area contributed by atoms with Crippen LogP contribution in [0.4, 0.5) is 5.69 Å². The Morgan fingerprint density at radius 1 is 0.935 bits per heavy atom. The molecule has 0 bridgehead atoms. The second kappa shape index (κ2) is 9.57. The molecule has 0 saturated heterocycles. The van der Waals surface area contributed by atoms with Gasteiger partial charge in [-0.15, -0.1) is 0 Å². The molecule has 0 saturated carbocycles. The number of carbonyl (C=O) groups excluding carboxylic acids is 1. The van der Waals surface area contributed by atoms with Crippen LogP contribution in [-0.4, -0.2) is 39.5 Å². The van der Waals surface area contributed by atoms with Gasteiger partial charge in [-0.05, 0) is 49.5 Å². The van der Waals surface area contributed by atoms with Crippen LogP contribution in [0, 0.1) is 0 Å². The van der Waals surface area contributed by atoms with Crippen molar-refractivity contribution in [3.05, 3.63) is 53.2 Å². The first-order chi connectivity index (χ1) is 14.9. The van der Waals surface area contributed by atoms with Gasteiger partial charge in [0.25, 0.3) is 5.91 Å². The minimum atomic E-state index is -0.553. The van der Waals surface area contributed by atoms with E-state index >= 15 is 0 Å². The van der Waals surface area contributed by atoms with Gasteiger partial charge in [0.2, 0.25) is 0 Å². The van der Waals surface area contributed by atoms with Crippen molar-refractivity contribution in [3.63, 3.8) is 0 Å². The molecule has 0 aromatic heterocycles. The lowest BCUT2D eigenvalue weighted by Gasteiger charge is -2.31. The molecule has 0 spiro atoms. The number of carbonyl (C=O) groups is 1. The molecule has 3 N–H and O–H groups in total. The predicted octanol–water partition coefficient (Wildman–Crippen LogP) is 3.15. The summed E-state index contributed by atoms with van der Waals surface area (Å²) in [6.45, 7) is 1.80. The predicted molar refractivity (Wildman–Crippen MR) is 122 cm³/mol. The van der Waals surface area contributed by atoms with Crippen molar-refractivity contribution >= 4 is 28.9 Å². The van der Waals surface area contributed by atoms with Crippen LogP contribution in [0.2, 0.25) is 0 Å². The number of anilines is 1. The maximum absolute atomic E-state index is 13.4. The average Bonchev–Trinajstić information content (AvgIpc) is 2.78. The molecule has 1 atom stereocenters. The van der Waals surface area contributed by atoms with Gasteiger partial charge in [0, 0.05) is 17.3 Å². The molecular weight excluding hydrogens is 418 g/mol. The maximum atomic E-state index is 13.4. The minimum Gasteiger partial charge on any atom is -0.497 e. The van der Waals surface area contributed by atoms with Gasteiger partial charge in [0.15, 0.2) is 5.11 Å². The van der Waals surface area contributed by atoms with Crippen LogP contribution in [0.25, 0.3) is 0 Å². The van der Waals surface area contributed by atoms with Crippen molar-refractivity contribution in [1.29, 1.82) is 0 Å². The third-order valence-corrected chi connectivity index (χ3v) is 5.14. The molecule has 8 nitrogen and oxygen atoms in total. The van der Waals surface area contributed by atoms with Crippen LogP contribution in [0.3, 0.4) is 0 Å². The monoisotopic (exact) mass is 443 g/mol. The maximum Gasteiger partial charge on any atom is 0.255 e. The van der Waals surface area contributed by atoms with Crippen LogP contribution in [-0.2, 0) is 4.79 Å². The van der Waals surface area contributed by atoms with Gasteiger partial charge in [0.05, 0.1) is 45.7 Å². The number of rotatable bonds is 7. The third-order valence-electron chi connectivity index (χ3n) is 4.92. The summed E-state index contributed by atoms with van der Waals surface area (Å²) in [5.41, 5.74) is 2.32. The van der Waals surface area contributed by atoms with Gasteiger partial charge >= 0.3 is 0 Å². The van der Waals surface area contributed by atoms with Gasteiger partial charge < -0.3 is 34.9 Å². The summed E-state index contributed by atoms with van der Waals surface area (Å²) >= 11 is 5.34. The highest BCUT2D eigenvalue weighted by molar-refractivity contribution is 7.80. The molecule has 1 amide bonds. The molecule has 31 heavy (non-hydrogen) atoms. The van der Waals surface area contributed by atoms with Gasteiger partial charge in [-0.25, -0.2) is 0 Å². The third kappa shape index (κ3) is 4.66. The number of hydrogen-bond acceptors (Lipinski definition) is 6. The second-order valence-electron chi connectivity index (χ2n) is 6.70. The summed E-state index contributed by atoms with van der Waals surface area (Å²) < 4.78 is 21.5. The first kappa shape index (κ1) is 22.2. The summed E-state index contributed by atoms with van der Waals surface area (Å²) in [5.74, 6) is 2.02. The summed E-state index contributed by atoms with van der Waals surface area (Å²) in [5, 5.41) is 9.52. The molecule has 0 fully saturated rings. The number of methoxy groups -OCH3 is 4. The molecule has 0 aliphatic carbocycles. The fraction of sp³-hybridized carbons (Fsp3) is 0.273. The van der Waals surface area contributed by atoms with Gasteiger partial charge in [0.1, 0.15) is 23.0 Å². The summed E-state index contributed by atoms with van der Waals surface area (Å²) in [7, 11) is 6.25. The lowest BCUT2D eigenvalue weighted by atomic mass is 9.94. The second-order valence-corrected chi connectivity index (χ2v) is 7.11. The molecule has 3 rings (SSSR count). The van der Waals surface area contributed by atoms with E-state index in [4.69, 9.17) is 31.2 Å². The summed E-state index contributed by atoms with van der Waals surface area (Å²) in [6, 6.07) is 10.0. The Hall–Kier alpha value is -3.46. The molecular formula is C22H25N3O5S. The van der Waals surface area contributed by atoms with E-state index in [-0.39, 0.29) is 5.91 Å².